The molecular formula is C13H13N3O2. The number of nitrogens with two attached hydrogens (primary N) is 1. The third kappa shape index (κ3) is 2.31. The second-order valence-electron chi connectivity index (χ2n) is 3.81. The van der Waals surface area contributed by atoms with Gasteiger partial charge >= 0.3 is 0 Å². The third-order valence-corrected chi connectivity index (χ3v) is 2.72. The zero-order valence-electron chi connectivity index (χ0n) is 9.67. The number of carbonyl (C=O) groups excluding carboxylic acids is 2. The van der Waals surface area contributed by atoms with E-state index < -0.39 is 0 Å². The van der Waals surface area contributed by atoms with Crippen molar-refractivity contribution in [3.63, 3.8) is 0 Å². The molecule has 5 heteroatoms. The lowest BCUT2D eigenvalue weighted by atomic mass is 10.1. The molecule has 0 aliphatic carbocycles. The van der Waals surface area contributed by atoms with Gasteiger partial charge in [-0.1, -0.05) is 18.2 Å². The van der Waals surface area contributed by atoms with E-state index in [2.05, 4.69) is 5.43 Å². The van der Waals surface area contributed by atoms with Gasteiger partial charge in [0.05, 0.1) is 5.69 Å². The lowest BCUT2D eigenvalue weighted by molar-refractivity contribution is 0.0952. The van der Waals surface area contributed by atoms with E-state index in [1.165, 1.54) is 0 Å². The summed E-state index contributed by atoms with van der Waals surface area (Å²) in [4.78, 5) is 22.4. The van der Waals surface area contributed by atoms with Crippen LogP contribution in [-0.2, 0) is 6.54 Å². The summed E-state index contributed by atoms with van der Waals surface area (Å²) in [6.07, 6.45) is 2.58. The zero-order valence-corrected chi connectivity index (χ0v) is 9.67. The molecule has 5 nitrogen and oxygen atoms in total. The Morgan fingerprint density at radius 3 is 2.78 bits per heavy atom. The van der Waals surface area contributed by atoms with Crippen molar-refractivity contribution in [2.45, 2.75) is 6.54 Å². The molecule has 0 fully saturated rings. The normalized spacial score (nSPS) is 10.1. The van der Waals surface area contributed by atoms with Crippen LogP contribution in [-0.4, -0.2) is 16.8 Å². The fourth-order valence-electron chi connectivity index (χ4n) is 1.82. The maximum Gasteiger partial charge on any atom is 0.265 e. The minimum absolute atomic E-state index is 0.342. The van der Waals surface area contributed by atoms with Gasteiger partial charge in [-0.3, -0.25) is 15.0 Å². The Kier molecular flexibility index (Phi) is 3.54. The molecule has 0 aliphatic rings. The number of nitrogens with one attached hydrogen (secondary N) is 1. The number of hydrogen-bond donors (Lipinski definition) is 2. The van der Waals surface area contributed by atoms with Crippen LogP contribution in [0.1, 0.15) is 26.4 Å². The Bertz CT molecular complexity index is 575. The average Bonchev–Trinajstić information content (AvgIpc) is 2.86. The van der Waals surface area contributed by atoms with Crippen molar-refractivity contribution in [3.05, 3.63) is 59.4 Å². The van der Waals surface area contributed by atoms with E-state index in [1.54, 1.807) is 35.0 Å². The van der Waals surface area contributed by atoms with E-state index in [9.17, 15) is 9.59 Å². The molecule has 0 unspecified atom stereocenters. The van der Waals surface area contributed by atoms with Gasteiger partial charge < -0.3 is 4.57 Å². The van der Waals surface area contributed by atoms with E-state index in [4.69, 9.17) is 5.84 Å². The molecule has 0 saturated carbocycles. The molecule has 1 aromatic carbocycles. The largest absolute Gasteiger partial charge is 0.341 e. The molecular weight excluding hydrogens is 230 g/mol. The third-order valence-electron chi connectivity index (χ3n) is 2.72. The first-order chi connectivity index (χ1) is 8.76. The van der Waals surface area contributed by atoms with E-state index >= 15 is 0 Å². The van der Waals surface area contributed by atoms with Crippen molar-refractivity contribution in [2.24, 2.45) is 5.84 Å². The van der Waals surface area contributed by atoms with Crippen LogP contribution in [0.5, 0.6) is 0 Å². The Labute approximate surface area is 104 Å². The summed E-state index contributed by atoms with van der Waals surface area (Å²) in [7, 11) is 0. The second-order valence-corrected chi connectivity index (χ2v) is 3.81. The lowest BCUT2D eigenvalue weighted by Gasteiger charge is -2.10. The zero-order chi connectivity index (χ0) is 13.0. The van der Waals surface area contributed by atoms with Crippen LogP contribution >= 0.6 is 0 Å². The van der Waals surface area contributed by atoms with E-state index in [0.717, 1.165) is 11.8 Å². The molecule has 1 heterocycles. The van der Waals surface area contributed by atoms with Gasteiger partial charge in [0.15, 0.2) is 6.29 Å². The number of nitrogen functional groups attached to an aromatic ring is 1. The maximum atomic E-state index is 11.6. The lowest BCUT2D eigenvalue weighted by Crippen LogP contribution is -2.31. The van der Waals surface area contributed by atoms with E-state index in [1.807, 2.05) is 12.1 Å². The van der Waals surface area contributed by atoms with Crippen molar-refractivity contribution < 1.29 is 9.59 Å². The molecule has 18 heavy (non-hydrogen) atoms. The highest BCUT2D eigenvalue weighted by atomic mass is 16.2. The second kappa shape index (κ2) is 5.29. The predicted octanol–water partition coefficient (Wildman–Crippen LogP) is 0.952. The number of benzene rings is 1. The van der Waals surface area contributed by atoms with Crippen molar-refractivity contribution in [1.82, 2.24) is 9.99 Å². The molecule has 3 N–H and O–H groups in total. The van der Waals surface area contributed by atoms with Gasteiger partial charge in [0.25, 0.3) is 5.91 Å². The summed E-state index contributed by atoms with van der Waals surface area (Å²) in [6.45, 7) is 0.449. The van der Waals surface area contributed by atoms with Gasteiger partial charge in [-0.05, 0) is 23.8 Å². The molecule has 0 spiro atoms. The first-order valence-electron chi connectivity index (χ1n) is 5.45. The summed E-state index contributed by atoms with van der Waals surface area (Å²) in [5, 5.41) is 0. The maximum absolute atomic E-state index is 11.6. The average molecular weight is 243 g/mol. The van der Waals surface area contributed by atoms with Gasteiger partial charge in [-0.25, -0.2) is 5.84 Å². The number of carbonyl (C=O) groups is 2. The van der Waals surface area contributed by atoms with Crippen molar-refractivity contribution in [3.8, 4) is 0 Å². The summed E-state index contributed by atoms with van der Waals surface area (Å²) in [5.74, 6) is 4.80. The topological polar surface area (TPSA) is 77.1 Å². The minimum Gasteiger partial charge on any atom is -0.341 e. The number of aromatic nitrogens is 1. The van der Waals surface area contributed by atoms with Gasteiger partial charge in [0, 0.05) is 18.3 Å². The standard InChI is InChI=1S/C13H13N3O2/c14-15-13(18)12-6-2-1-4-10(12)8-16-7-3-5-11(16)9-17/h1-7,9H,8,14H2,(H,15,18). The quantitative estimate of drug-likeness (QED) is 0.363. The van der Waals surface area contributed by atoms with Crippen LogP contribution in [0.3, 0.4) is 0 Å². The molecule has 1 amide bonds. The fourth-order valence-corrected chi connectivity index (χ4v) is 1.82. The van der Waals surface area contributed by atoms with E-state index in [0.29, 0.717) is 17.8 Å². The van der Waals surface area contributed by atoms with Gasteiger partial charge in [-0.15, -0.1) is 0 Å². The molecule has 92 valence electrons. The number of amides is 1. The van der Waals surface area contributed by atoms with Crippen LogP contribution < -0.4 is 11.3 Å². The molecule has 2 aromatic rings. The molecule has 2 rings (SSSR count). The van der Waals surface area contributed by atoms with Crippen LogP contribution in [0.4, 0.5) is 0 Å². The number of rotatable bonds is 4. The highest BCUT2D eigenvalue weighted by molar-refractivity contribution is 5.95. The first kappa shape index (κ1) is 12.1. The van der Waals surface area contributed by atoms with Gasteiger partial charge in [-0.2, -0.15) is 0 Å². The highest BCUT2D eigenvalue weighted by Gasteiger charge is 2.10. The molecule has 1 aromatic heterocycles. The number of hydrogen-bond acceptors (Lipinski definition) is 3. The summed E-state index contributed by atoms with van der Waals surface area (Å²) < 4.78 is 1.77. The van der Waals surface area contributed by atoms with Crippen molar-refractivity contribution >= 4 is 12.2 Å². The predicted molar refractivity (Wildman–Crippen MR) is 67.0 cm³/mol. The number of hydrazine groups is 1. The molecule has 0 atom stereocenters. The van der Waals surface area contributed by atoms with Gasteiger partial charge in [0.1, 0.15) is 0 Å². The van der Waals surface area contributed by atoms with Crippen LogP contribution in [0.2, 0.25) is 0 Å². The van der Waals surface area contributed by atoms with Crippen LogP contribution in [0.15, 0.2) is 42.6 Å². The smallest absolute Gasteiger partial charge is 0.265 e. The van der Waals surface area contributed by atoms with Crippen molar-refractivity contribution in [2.75, 3.05) is 0 Å². The number of aldehydes is 1. The summed E-state index contributed by atoms with van der Waals surface area (Å²) in [6, 6.07) is 10.6. The molecule has 0 bridgehead atoms. The summed E-state index contributed by atoms with van der Waals surface area (Å²) >= 11 is 0. The highest BCUT2D eigenvalue weighted by Crippen LogP contribution is 2.12. The Morgan fingerprint density at radius 2 is 2.06 bits per heavy atom. The fraction of sp³-hybridized carbons (Fsp3) is 0.0769. The van der Waals surface area contributed by atoms with Crippen LogP contribution in [0.25, 0.3) is 0 Å². The first-order valence-corrected chi connectivity index (χ1v) is 5.45. The molecule has 0 aliphatic heterocycles. The minimum atomic E-state index is -0.342. The Hall–Kier alpha value is -2.40. The van der Waals surface area contributed by atoms with Crippen molar-refractivity contribution in [1.29, 1.82) is 0 Å². The molecule has 0 radical (unpaired) electrons. The SMILES string of the molecule is NNC(=O)c1ccccc1Cn1cccc1C=O. The summed E-state index contributed by atoms with van der Waals surface area (Å²) in [5.41, 5.74) is 3.99. The monoisotopic (exact) mass is 243 g/mol. The van der Waals surface area contributed by atoms with E-state index in [-0.39, 0.29) is 5.91 Å². The Balaban J connectivity index is 2.34. The Morgan fingerprint density at radius 1 is 1.28 bits per heavy atom. The number of nitrogens with zero attached hydrogens (tertiary/aromatic N) is 1. The van der Waals surface area contributed by atoms with Gasteiger partial charge in [0.2, 0.25) is 0 Å². The molecule has 0 saturated heterocycles. The van der Waals surface area contributed by atoms with Crippen LogP contribution in [0, 0.1) is 0 Å².